The van der Waals surface area contributed by atoms with Crippen LogP contribution in [0, 0.1) is 0 Å². The minimum atomic E-state index is -1.76. The van der Waals surface area contributed by atoms with Crippen LogP contribution in [0.4, 0.5) is 0 Å². The molecule has 0 rings (SSSR count). The van der Waals surface area contributed by atoms with Gasteiger partial charge in [-0.25, -0.2) is 0 Å². The molecule has 10 heavy (non-hydrogen) atoms. The Balaban J connectivity index is 4.23. The van der Waals surface area contributed by atoms with Crippen LogP contribution in [0.3, 0.4) is 0 Å². The third kappa shape index (κ3) is 3.91. The highest BCUT2D eigenvalue weighted by atomic mass is 35.6. The Labute approximate surface area is 88.6 Å². The normalized spacial score (nSPS) is 14.4. The highest BCUT2D eigenvalue weighted by Gasteiger charge is 2.43. The highest BCUT2D eigenvalue weighted by molar-refractivity contribution is 6.73. The Morgan fingerprint density at radius 3 is 1.00 bits per heavy atom. The van der Waals surface area contributed by atoms with Crippen molar-refractivity contribution in [2.45, 2.75) is 13.6 Å². The molecule has 0 aliphatic rings. The molecule has 1 nitrogen and oxygen atoms in total. The molecule has 0 saturated heterocycles. The summed E-state index contributed by atoms with van der Waals surface area (Å²) in [6.45, 7) is 0. The summed E-state index contributed by atoms with van der Waals surface area (Å²) < 4.78 is -3.52. The topological polar surface area (TPSA) is 26.0 Å². The van der Waals surface area contributed by atoms with Gasteiger partial charge in [0.05, 0.1) is 6.04 Å². The third-order valence-corrected chi connectivity index (χ3v) is 2.12. The van der Waals surface area contributed by atoms with E-state index in [4.69, 9.17) is 75.3 Å². The summed E-state index contributed by atoms with van der Waals surface area (Å²) >= 11 is 31.9. The number of hydrogen-bond donors (Lipinski definition) is 1. The molecule has 0 fully saturated rings. The van der Waals surface area contributed by atoms with Crippen LogP contribution in [0.15, 0.2) is 0 Å². The van der Waals surface area contributed by atoms with Gasteiger partial charge in [0.15, 0.2) is 0 Å². The summed E-state index contributed by atoms with van der Waals surface area (Å²) in [4.78, 5) is 0. The third-order valence-electron chi connectivity index (χ3n) is 0.705. The molecule has 0 aliphatic carbocycles. The van der Waals surface area contributed by atoms with E-state index in [0.717, 1.165) is 0 Å². The second-order valence-corrected chi connectivity index (χ2v) is 6.30. The van der Waals surface area contributed by atoms with Gasteiger partial charge < -0.3 is 5.73 Å². The number of hydrogen-bond acceptors (Lipinski definition) is 1. The molecule has 0 atom stereocenters. The highest BCUT2D eigenvalue weighted by Crippen LogP contribution is 2.41. The fourth-order valence-corrected chi connectivity index (χ4v) is 1.67. The zero-order valence-electron chi connectivity index (χ0n) is 4.42. The van der Waals surface area contributed by atoms with E-state index in [1.54, 1.807) is 0 Å². The van der Waals surface area contributed by atoms with Crippen molar-refractivity contribution in [1.29, 1.82) is 0 Å². The van der Waals surface area contributed by atoms with Crippen LogP contribution < -0.4 is 5.73 Å². The van der Waals surface area contributed by atoms with Gasteiger partial charge in [-0.05, 0) is 0 Å². The molecule has 0 aliphatic heterocycles. The Morgan fingerprint density at radius 1 is 0.800 bits per heavy atom. The van der Waals surface area contributed by atoms with Crippen molar-refractivity contribution in [2.75, 3.05) is 0 Å². The van der Waals surface area contributed by atoms with Gasteiger partial charge in [-0.1, -0.05) is 69.6 Å². The zero-order valence-corrected chi connectivity index (χ0v) is 8.96. The molecule has 0 aromatic heterocycles. The number of rotatable bonds is 0. The van der Waals surface area contributed by atoms with Gasteiger partial charge in [-0.2, -0.15) is 0 Å². The van der Waals surface area contributed by atoms with E-state index in [9.17, 15) is 0 Å². The van der Waals surface area contributed by atoms with Crippen LogP contribution >= 0.6 is 69.6 Å². The van der Waals surface area contributed by atoms with Gasteiger partial charge in [0.2, 0.25) is 7.59 Å². The van der Waals surface area contributed by atoms with E-state index in [-0.39, 0.29) is 0 Å². The molecule has 0 saturated carbocycles. The van der Waals surface area contributed by atoms with Crippen molar-refractivity contribution in [2.24, 2.45) is 5.73 Å². The maximum Gasteiger partial charge on any atom is 0.209 e. The van der Waals surface area contributed by atoms with Gasteiger partial charge in [0.1, 0.15) is 0 Å². The van der Waals surface area contributed by atoms with Crippen LogP contribution in [-0.2, 0) is 0 Å². The van der Waals surface area contributed by atoms with Gasteiger partial charge in [0.25, 0.3) is 0 Å². The SMILES string of the molecule is NC(C(Cl)(Cl)Cl)C(Cl)(Cl)Cl. The van der Waals surface area contributed by atoms with Gasteiger partial charge in [0, 0.05) is 0 Å². The van der Waals surface area contributed by atoms with Gasteiger partial charge in [-0.15, -0.1) is 0 Å². The minimum Gasteiger partial charge on any atom is -0.321 e. The number of alkyl halides is 6. The first-order valence-electron chi connectivity index (χ1n) is 2.04. The molecule has 62 valence electrons. The van der Waals surface area contributed by atoms with Crippen LogP contribution in [0.5, 0.6) is 0 Å². The molecular formula is C3H3Cl6N. The van der Waals surface area contributed by atoms with E-state index >= 15 is 0 Å². The summed E-state index contributed by atoms with van der Waals surface area (Å²) in [6, 6.07) is -1.14. The van der Waals surface area contributed by atoms with E-state index in [1.807, 2.05) is 0 Å². The van der Waals surface area contributed by atoms with Crippen LogP contribution in [0.2, 0.25) is 0 Å². The lowest BCUT2D eigenvalue weighted by molar-refractivity contribution is 0.705. The summed E-state index contributed by atoms with van der Waals surface area (Å²) in [7, 11) is 0. The first-order valence-corrected chi connectivity index (χ1v) is 4.31. The first-order chi connectivity index (χ1) is 4.15. The van der Waals surface area contributed by atoms with Crippen molar-refractivity contribution in [3.05, 3.63) is 0 Å². The number of nitrogens with two attached hydrogens (primary N) is 1. The van der Waals surface area contributed by atoms with E-state index in [1.165, 1.54) is 0 Å². The Bertz CT molecular complexity index is 97.1. The Kier molecular flexibility index (Phi) is 4.22. The molecular weight excluding hydrogens is 263 g/mol. The standard InChI is InChI=1S/C3H3Cl6N/c4-2(5,6)1(10)3(7,8)9/h1H,10H2. The largest absolute Gasteiger partial charge is 0.321 e. The maximum atomic E-state index is 5.32. The van der Waals surface area contributed by atoms with E-state index in [2.05, 4.69) is 0 Å². The molecule has 0 aromatic rings. The summed E-state index contributed by atoms with van der Waals surface area (Å²) in [6.07, 6.45) is 0. The lowest BCUT2D eigenvalue weighted by Crippen LogP contribution is -2.45. The van der Waals surface area contributed by atoms with Gasteiger partial charge >= 0.3 is 0 Å². The van der Waals surface area contributed by atoms with Crippen molar-refractivity contribution in [3.63, 3.8) is 0 Å². The van der Waals surface area contributed by atoms with Crippen molar-refractivity contribution < 1.29 is 0 Å². The molecule has 0 amide bonds. The average Bonchev–Trinajstić information content (AvgIpc) is 1.59. The Morgan fingerprint density at radius 2 is 1.00 bits per heavy atom. The van der Waals surface area contributed by atoms with E-state index < -0.39 is 13.6 Å². The van der Waals surface area contributed by atoms with Crippen LogP contribution in [0.1, 0.15) is 0 Å². The second kappa shape index (κ2) is 3.61. The Hall–Kier alpha value is 1.70. The molecule has 0 heterocycles. The smallest absolute Gasteiger partial charge is 0.209 e. The molecule has 0 bridgehead atoms. The fourth-order valence-electron chi connectivity index (χ4n) is 0.186. The predicted molar refractivity (Wildman–Crippen MR) is 48.6 cm³/mol. The summed E-state index contributed by atoms with van der Waals surface area (Å²) in [5.74, 6) is 0. The van der Waals surface area contributed by atoms with E-state index in [0.29, 0.717) is 0 Å². The van der Waals surface area contributed by atoms with Crippen LogP contribution in [-0.4, -0.2) is 13.6 Å². The lowest BCUT2D eigenvalue weighted by atomic mass is 10.4. The molecule has 0 spiro atoms. The first kappa shape index (κ1) is 11.7. The van der Waals surface area contributed by atoms with Crippen molar-refractivity contribution >= 4 is 69.6 Å². The molecule has 0 radical (unpaired) electrons. The molecule has 0 aromatic carbocycles. The predicted octanol–water partition coefficient (Wildman–Crippen LogP) is 3.05. The van der Waals surface area contributed by atoms with Crippen molar-refractivity contribution in [1.82, 2.24) is 0 Å². The second-order valence-electron chi connectivity index (χ2n) is 1.56. The summed E-state index contributed by atoms with van der Waals surface area (Å²) in [5.41, 5.74) is 5.24. The zero-order chi connectivity index (χ0) is 8.58. The van der Waals surface area contributed by atoms with Crippen LogP contribution in [0.25, 0.3) is 0 Å². The van der Waals surface area contributed by atoms with Gasteiger partial charge in [-0.3, -0.25) is 0 Å². The average molecular weight is 266 g/mol. The molecule has 7 heteroatoms. The fraction of sp³-hybridized carbons (Fsp3) is 1.00. The minimum absolute atomic E-state index is 1.14. The van der Waals surface area contributed by atoms with Crippen molar-refractivity contribution in [3.8, 4) is 0 Å². The monoisotopic (exact) mass is 263 g/mol. The molecule has 2 N–H and O–H groups in total. The lowest BCUT2D eigenvalue weighted by Gasteiger charge is -2.26. The maximum absolute atomic E-state index is 5.32. The summed E-state index contributed by atoms with van der Waals surface area (Å²) in [5, 5.41) is 0. The molecule has 0 unspecified atom stereocenters. The number of halogens is 6. The quantitative estimate of drug-likeness (QED) is 0.670.